The second kappa shape index (κ2) is 8.68. The maximum Gasteiger partial charge on any atom is 0.195 e. The Morgan fingerprint density at radius 2 is 1.72 bits per heavy atom. The lowest BCUT2D eigenvalue weighted by Crippen LogP contribution is -2.20. The molecule has 0 saturated carbocycles. The third-order valence-corrected chi connectivity index (χ3v) is 5.73. The Hall–Kier alpha value is -2.83. The molecule has 1 unspecified atom stereocenters. The van der Waals surface area contributed by atoms with E-state index in [1.807, 2.05) is 41.8 Å². The predicted octanol–water partition coefficient (Wildman–Crippen LogP) is 4.57. The molecule has 4 rings (SSSR count). The first-order chi connectivity index (χ1) is 14.1. The third-order valence-electron chi connectivity index (χ3n) is 4.66. The minimum atomic E-state index is -0.616. The van der Waals surface area contributed by atoms with Crippen molar-refractivity contribution in [2.24, 2.45) is 0 Å². The molecule has 148 valence electrons. The smallest absolute Gasteiger partial charge is 0.195 e. The molecule has 3 aromatic carbocycles. The number of aromatic nitrogens is 3. The van der Waals surface area contributed by atoms with Gasteiger partial charge in [-0.25, -0.2) is 0 Å². The van der Waals surface area contributed by atoms with Crippen molar-refractivity contribution in [2.75, 3.05) is 12.4 Å². The van der Waals surface area contributed by atoms with Crippen molar-refractivity contribution in [1.29, 1.82) is 0 Å². The van der Waals surface area contributed by atoms with E-state index in [-0.39, 0.29) is 6.61 Å². The van der Waals surface area contributed by atoms with Crippen molar-refractivity contribution in [3.8, 4) is 11.4 Å². The minimum absolute atomic E-state index is 0.225. The summed E-state index contributed by atoms with van der Waals surface area (Å²) >= 11 is 1.47. The highest BCUT2D eigenvalue weighted by molar-refractivity contribution is 7.99. The van der Waals surface area contributed by atoms with Crippen molar-refractivity contribution in [3.05, 3.63) is 78.1 Å². The van der Waals surface area contributed by atoms with Gasteiger partial charge in [0.2, 0.25) is 0 Å². The Morgan fingerprint density at radius 1 is 0.966 bits per heavy atom. The summed E-state index contributed by atoms with van der Waals surface area (Å²) in [7, 11) is 0. The largest absolute Gasteiger partial charge is 0.491 e. The molecule has 1 N–H and O–H groups in total. The molecule has 0 aliphatic rings. The molecule has 1 heterocycles. The van der Waals surface area contributed by atoms with Crippen LogP contribution in [0.5, 0.6) is 5.75 Å². The van der Waals surface area contributed by atoms with E-state index in [0.717, 1.165) is 27.8 Å². The van der Waals surface area contributed by atoms with Gasteiger partial charge in [0.05, 0.1) is 6.10 Å². The first kappa shape index (κ1) is 19.5. The lowest BCUT2D eigenvalue weighted by atomic mass is 10.1. The maximum atomic E-state index is 10.4. The fourth-order valence-electron chi connectivity index (χ4n) is 3.10. The van der Waals surface area contributed by atoms with E-state index in [9.17, 15) is 5.11 Å². The van der Waals surface area contributed by atoms with Crippen LogP contribution in [0, 0.1) is 13.8 Å². The van der Waals surface area contributed by atoms with Gasteiger partial charge in [0, 0.05) is 11.4 Å². The summed E-state index contributed by atoms with van der Waals surface area (Å²) in [6, 6.07) is 22.3. The molecule has 1 aromatic heterocycles. The normalized spacial score (nSPS) is 12.2. The minimum Gasteiger partial charge on any atom is -0.491 e. The summed E-state index contributed by atoms with van der Waals surface area (Å²) in [4.78, 5) is 0. The number of benzene rings is 3. The Bertz CT molecular complexity index is 1110. The molecule has 5 nitrogen and oxygen atoms in total. The SMILES string of the molecule is Cc1ccc(-n2c(C)nnc2SCC(O)COc2ccc3ccccc3c2)cc1. The Balaban J connectivity index is 1.37. The van der Waals surface area contributed by atoms with Crippen LogP contribution >= 0.6 is 11.8 Å². The summed E-state index contributed by atoms with van der Waals surface area (Å²) in [5.74, 6) is 2.04. The molecule has 0 bridgehead atoms. The van der Waals surface area contributed by atoms with Gasteiger partial charge in [0.1, 0.15) is 18.2 Å². The van der Waals surface area contributed by atoms with E-state index >= 15 is 0 Å². The van der Waals surface area contributed by atoms with E-state index in [2.05, 4.69) is 53.5 Å². The van der Waals surface area contributed by atoms with E-state index in [0.29, 0.717) is 5.75 Å². The highest BCUT2D eigenvalue weighted by Crippen LogP contribution is 2.24. The number of ether oxygens (including phenoxy) is 1. The van der Waals surface area contributed by atoms with Crippen LogP contribution in [-0.4, -0.2) is 38.3 Å². The van der Waals surface area contributed by atoms with Crippen molar-refractivity contribution < 1.29 is 9.84 Å². The topological polar surface area (TPSA) is 60.2 Å². The average molecular weight is 406 g/mol. The van der Waals surface area contributed by atoms with E-state index in [1.54, 1.807) is 0 Å². The van der Waals surface area contributed by atoms with Crippen LogP contribution in [0.4, 0.5) is 0 Å². The van der Waals surface area contributed by atoms with E-state index < -0.39 is 6.10 Å². The van der Waals surface area contributed by atoms with Crippen LogP contribution in [0.3, 0.4) is 0 Å². The van der Waals surface area contributed by atoms with Crippen molar-refractivity contribution in [1.82, 2.24) is 14.8 Å². The first-order valence-electron chi connectivity index (χ1n) is 9.52. The third kappa shape index (κ3) is 4.60. The molecule has 29 heavy (non-hydrogen) atoms. The lowest BCUT2D eigenvalue weighted by molar-refractivity contribution is 0.126. The monoisotopic (exact) mass is 405 g/mol. The van der Waals surface area contributed by atoms with Gasteiger partial charge in [0.15, 0.2) is 5.16 Å². The highest BCUT2D eigenvalue weighted by atomic mass is 32.2. The molecule has 0 radical (unpaired) electrons. The fraction of sp³-hybridized carbons (Fsp3) is 0.217. The van der Waals surface area contributed by atoms with Crippen LogP contribution in [0.25, 0.3) is 16.5 Å². The summed E-state index contributed by atoms with van der Waals surface area (Å²) in [6.45, 7) is 4.21. The summed E-state index contributed by atoms with van der Waals surface area (Å²) in [5.41, 5.74) is 2.22. The zero-order valence-electron chi connectivity index (χ0n) is 16.4. The molecule has 0 amide bonds. The Morgan fingerprint density at radius 3 is 2.52 bits per heavy atom. The van der Waals surface area contributed by atoms with Gasteiger partial charge in [-0.15, -0.1) is 10.2 Å². The van der Waals surface area contributed by atoms with Crippen molar-refractivity contribution in [2.45, 2.75) is 25.1 Å². The highest BCUT2D eigenvalue weighted by Gasteiger charge is 2.14. The number of thioether (sulfide) groups is 1. The number of nitrogens with zero attached hydrogens (tertiary/aromatic N) is 3. The number of aliphatic hydroxyl groups is 1. The number of rotatable bonds is 7. The molecule has 0 aliphatic heterocycles. The molecule has 1 atom stereocenters. The van der Waals surface area contributed by atoms with Crippen LogP contribution < -0.4 is 4.74 Å². The average Bonchev–Trinajstić information content (AvgIpc) is 3.11. The van der Waals surface area contributed by atoms with E-state index in [1.165, 1.54) is 22.7 Å². The molecule has 0 saturated heterocycles. The van der Waals surface area contributed by atoms with Gasteiger partial charge >= 0.3 is 0 Å². The molecule has 6 heteroatoms. The van der Waals surface area contributed by atoms with Crippen LogP contribution in [-0.2, 0) is 0 Å². The Kier molecular flexibility index (Phi) is 5.83. The molecule has 0 aliphatic carbocycles. The van der Waals surface area contributed by atoms with Crippen LogP contribution in [0.15, 0.2) is 71.9 Å². The summed E-state index contributed by atoms with van der Waals surface area (Å²) in [5, 5.41) is 21.9. The fourth-order valence-corrected chi connectivity index (χ4v) is 4.00. The standard InChI is InChI=1S/C23H23N3O2S/c1-16-7-10-20(11-8-16)26-17(2)24-25-23(26)29-15-21(27)14-28-22-12-9-18-5-3-4-6-19(18)13-22/h3-13,21,27H,14-15H2,1-2H3. The summed E-state index contributed by atoms with van der Waals surface area (Å²) in [6.07, 6.45) is -0.616. The van der Waals surface area contributed by atoms with Gasteiger partial charge in [0.25, 0.3) is 0 Å². The second-order valence-corrected chi connectivity index (χ2v) is 7.97. The molecule has 0 fully saturated rings. The number of aryl methyl sites for hydroxylation is 2. The van der Waals surface area contributed by atoms with Gasteiger partial charge in [-0.2, -0.15) is 0 Å². The second-order valence-electron chi connectivity index (χ2n) is 6.99. The van der Waals surface area contributed by atoms with E-state index in [4.69, 9.17) is 4.74 Å². The van der Waals surface area contributed by atoms with Crippen molar-refractivity contribution in [3.63, 3.8) is 0 Å². The van der Waals surface area contributed by atoms with Crippen molar-refractivity contribution >= 4 is 22.5 Å². The first-order valence-corrected chi connectivity index (χ1v) is 10.5. The zero-order valence-corrected chi connectivity index (χ0v) is 17.3. The number of hydrogen-bond donors (Lipinski definition) is 1. The zero-order chi connectivity index (χ0) is 20.2. The molecule has 0 spiro atoms. The lowest BCUT2D eigenvalue weighted by Gasteiger charge is -2.13. The quantitative estimate of drug-likeness (QED) is 0.457. The number of aliphatic hydroxyl groups excluding tert-OH is 1. The van der Waals surface area contributed by atoms with Gasteiger partial charge in [-0.3, -0.25) is 4.57 Å². The summed E-state index contributed by atoms with van der Waals surface area (Å²) < 4.78 is 7.79. The number of fused-ring (bicyclic) bond motifs is 1. The Labute approximate surface area is 174 Å². The predicted molar refractivity (Wildman–Crippen MR) is 117 cm³/mol. The molecule has 4 aromatic rings. The molecular formula is C23H23N3O2S. The van der Waals surface area contributed by atoms with Gasteiger partial charge in [-0.05, 0) is 48.9 Å². The van der Waals surface area contributed by atoms with Gasteiger partial charge in [-0.1, -0.05) is 59.8 Å². The molecular weight excluding hydrogens is 382 g/mol. The number of hydrogen-bond acceptors (Lipinski definition) is 5. The van der Waals surface area contributed by atoms with Gasteiger partial charge < -0.3 is 9.84 Å². The maximum absolute atomic E-state index is 10.4. The van der Waals surface area contributed by atoms with Crippen LogP contribution in [0.2, 0.25) is 0 Å². The van der Waals surface area contributed by atoms with Crippen LogP contribution in [0.1, 0.15) is 11.4 Å².